The Morgan fingerprint density at radius 2 is 0.703 bits per heavy atom. The maximum atomic E-state index is 12.4. The predicted molar refractivity (Wildman–Crippen MR) is 500 cm³/mol. The van der Waals surface area contributed by atoms with Crippen molar-refractivity contribution in [3.63, 3.8) is 0 Å². The first-order chi connectivity index (χ1) is 61.8. The smallest absolute Gasteiger partial charge is 0.410 e. The fraction of sp³-hybridized carbons (Fsp3) is 0.347. The molecule has 8 aromatic heterocycles. The lowest BCUT2D eigenvalue weighted by Crippen LogP contribution is -2.41. The van der Waals surface area contributed by atoms with Gasteiger partial charge in [0.15, 0.2) is 17.5 Å². The van der Waals surface area contributed by atoms with E-state index in [0.29, 0.717) is 96.4 Å². The van der Waals surface area contributed by atoms with Crippen molar-refractivity contribution in [2.45, 2.75) is 128 Å². The summed E-state index contributed by atoms with van der Waals surface area (Å²) < 4.78 is 34.5. The minimum atomic E-state index is -0.487. The SMILES string of the molecule is COc1cc(C2CCN(C(=O)OC(C)(C)C)CC2)ccc1-c1cc(N)n[nH]1.[C-]#[N+]c1ccc(Br)cn1.[C-]#[N+]c1ccc(Nc2cc(-c3ccc(C4CCN(C(=O)OC(C)(C)C)CC4)cc3OC)[nH]n2)cn1.[C-]#[N+]c1ccc(Nc2cc(-c3ccc(C4CCN(C)CC4)cc3OC)[nH]n2)cn1.[C-]#[N+]c1ccc(Nc2cc(-c3ccc(C4CCNCC4)cc3OC)[nH]n2)cn1. The van der Waals surface area contributed by atoms with Crippen LogP contribution in [0.15, 0.2) is 175 Å². The van der Waals surface area contributed by atoms with E-state index in [1.807, 2.05) is 84.0 Å². The highest BCUT2D eigenvalue weighted by Crippen LogP contribution is 2.42. The third-order valence-corrected chi connectivity index (χ3v) is 22.3. The van der Waals surface area contributed by atoms with Crippen LogP contribution in [0.5, 0.6) is 23.0 Å². The molecule has 4 fully saturated rings. The summed E-state index contributed by atoms with van der Waals surface area (Å²) >= 11 is 3.21. The standard InChI is InChI=1S/C26H30N6O3.C22H24N6O.C21H22N6O.C20H28N4O3.C6H3BrN2/c1-26(2,3)35-25(33)32-12-10-17(11-13-32)18-6-8-20(22(14-18)34-5)21-15-24(31-30-21)29-19-7-9-23(27-4)28-16-19;1-23-21-7-5-17(14-24-21)25-22-13-19(26-27-22)18-6-4-16(12-20(18)29-3)15-8-10-28(2)11-9-15;1-22-20-6-4-16(13-24-20)25-21-12-18(26-27-21)17-5-3-15(11-19(17)28-2)14-7-9-23-10-8-14;1-20(2,3)27-19(25)24-9-7-13(8-10-24)14-5-6-15(17(11-14)26-4)16-12-18(21)23-22-16;1-8-6-3-2-5(7)4-9-6/h6-9,14-17H,10-13H2,1-3,5H3,(H2,29,30,31);4-7,12-15H,8-11H2,2-3H3,(H2,25,26,27);3-6,11-14,23H,7-10H2,2H3,(H2,25,26,27);5-6,11-13H,7-10H2,1-4H3,(H3,21,22,23);2-4H. The van der Waals surface area contributed by atoms with Crippen molar-refractivity contribution in [1.82, 2.24) is 80.7 Å². The van der Waals surface area contributed by atoms with Gasteiger partial charge in [0, 0.05) is 72.7 Å². The van der Waals surface area contributed by atoms with Crippen molar-refractivity contribution in [3.05, 3.63) is 243 Å². The molecule has 12 aromatic rings. The number of hydrogen-bond acceptors (Lipinski definition) is 22. The van der Waals surface area contributed by atoms with Gasteiger partial charge in [-0.15, -0.1) is 19.9 Å². The average Bonchev–Trinajstić information content (AvgIpc) is 1.57. The maximum Gasteiger partial charge on any atom is 0.410 e. The first-order valence-corrected chi connectivity index (χ1v) is 42.9. The summed E-state index contributed by atoms with van der Waals surface area (Å²) in [7, 11) is 8.91. The zero-order valence-corrected chi connectivity index (χ0v) is 75.3. The number of ether oxygens (including phenoxy) is 6. The normalized spacial score (nSPS) is 14.4. The van der Waals surface area contributed by atoms with E-state index in [2.05, 4.69) is 190 Å². The number of hydrogen-bond donors (Lipinski definition) is 9. The van der Waals surface area contributed by atoms with Gasteiger partial charge in [-0.1, -0.05) is 56.6 Å². The number of aromatic amines is 4. The largest absolute Gasteiger partial charge is 0.496 e. The molecule has 0 aliphatic carbocycles. The van der Waals surface area contributed by atoms with E-state index in [1.54, 1.807) is 105 Å². The molecule has 4 saturated heterocycles. The number of H-pyrrole nitrogens is 4. The zero-order chi connectivity index (χ0) is 90.9. The molecule has 128 heavy (non-hydrogen) atoms. The molecule has 0 radical (unpaired) electrons. The summed E-state index contributed by atoms with van der Waals surface area (Å²) in [5.74, 6) is 9.08. The Hall–Kier alpha value is -14.4. The Morgan fingerprint density at radius 1 is 0.406 bits per heavy atom. The van der Waals surface area contributed by atoms with Gasteiger partial charge in [-0.25, -0.2) is 9.59 Å². The van der Waals surface area contributed by atoms with Gasteiger partial charge in [-0.05, 0) is 279 Å². The Morgan fingerprint density at radius 3 is 0.977 bits per heavy atom. The van der Waals surface area contributed by atoms with Gasteiger partial charge in [0.25, 0.3) is 23.3 Å². The van der Waals surface area contributed by atoms with E-state index >= 15 is 0 Å². The van der Waals surface area contributed by atoms with E-state index in [4.69, 9.17) is 60.4 Å². The van der Waals surface area contributed by atoms with Crippen LogP contribution in [-0.2, 0) is 9.47 Å². The second-order valence-corrected chi connectivity index (χ2v) is 33.9. The molecular weight excluding hydrogens is 1690 g/mol. The molecule has 33 heteroatoms. The van der Waals surface area contributed by atoms with Gasteiger partial charge >= 0.3 is 12.2 Å². The number of halogens is 1. The number of carbonyl (C=O) groups is 2. The summed E-state index contributed by atoms with van der Waals surface area (Å²) in [6.07, 6.45) is 14.2. The Kier molecular flexibility index (Phi) is 31.9. The second-order valence-electron chi connectivity index (χ2n) is 33.0. The molecule has 662 valence electrons. The molecule has 0 saturated carbocycles. The minimum absolute atomic E-state index is 0.231. The van der Waals surface area contributed by atoms with Gasteiger partial charge in [-0.3, -0.25) is 20.4 Å². The Bertz CT molecular complexity index is 5850. The van der Waals surface area contributed by atoms with Crippen LogP contribution in [0.25, 0.3) is 64.4 Å². The number of aromatic nitrogens is 12. The van der Waals surface area contributed by atoms with Crippen LogP contribution < -0.4 is 45.9 Å². The van der Waals surface area contributed by atoms with Crippen LogP contribution in [0.4, 0.5) is 73.2 Å². The van der Waals surface area contributed by atoms with Crippen LogP contribution >= 0.6 is 15.9 Å². The Labute approximate surface area is 754 Å². The van der Waals surface area contributed by atoms with Crippen LogP contribution in [0.3, 0.4) is 0 Å². The van der Waals surface area contributed by atoms with E-state index < -0.39 is 11.2 Å². The second kappa shape index (κ2) is 44.0. The van der Waals surface area contributed by atoms with Gasteiger partial charge in [-0.2, -0.15) is 20.4 Å². The number of amides is 2. The number of nitrogens with two attached hydrogens (primary N) is 1. The molecule has 0 unspecified atom stereocenters. The van der Waals surface area contributed by atoms with Crippen molar-refractivity contribution in [2.75, 3.05) is 110 Å². The first kappa shape index (κ1) is 92.8. The maximum absolute atomic E-state index is 12.4. The number of carbonyl (C=O) groups excluding carboxylic acids is 2. The highest BCUT2D eigenvalue weighted by Gasteiger charge is 2.31. The van der Waals surface area contributed by atoms with Crippen molar-refractivity contribution in [3.8, 4) is 68.0 Å². The quantitative estimate of drug-likeness (QED) is 0.0360. The van der Waals surface area contributed by atoms with Crippen LogP contribution in [0, 0.1) is 26.3 Å². The molecule has 0 bridgehead atoms. The van der Waals surface area contributed by atoms with Crippen molar-refractivity contribution >= 4 is 91.7 Å². The van der Waals surface area contributed by atoms with Gasteiger partial charge in [0.2, 0.25) is 0 Å². The molecular formula is C95H107BrN24O8. The summed E-state index contributed by atoms with van der Waals surface area (Å²) in [6.45, 7) is 45.9. The number of pyridine rings is 4. The van der Waals surface area contributed by atoms with E-state index in [1.165, 1.54) is 35.1 Å². The topological polar surface area (TPSA) is 357 Å². The van der Waals surface area contributed by atoms with Gasteiger partial charge in [0.05, 0.1) is 72.7 Å². The van der Waals surface area contributed by atoms with E-state index in [-0.39, 0.29) is 12.2 Å². The average molecular weight is 1790 g/mol. The lowest BCUT2D eigenvalue weighted by Gasteiger charge is -2.33. The Balaban J connectivity index is 0.000000150. The number of anilines is 7. The molecule has 4 aliphatic heterocycles. The molecule has 32 nitrogen and oxygen atoms in total. The third-order valence-electron chi connectivity index (χ3n) is 21.9. The lowest BCUT2D eigenvalue weighted by molar-refractivity contribution is 0.0194. The van der Waals surface area contributed by atoms with Gasteiger partial charge in [0.1, 0.15) is 64.8 Å². The van der Waals surface area contributed by atoms with Crippen molar-refractivity contribution in [1.29, 1.82) is 0 Å². The van der Waals surface area contributed by atoms with E-state index in [9.17, 15) is 9.59 Å². The molecule has 4 aliphatic rings. The summed E-state index contributed by atoms with van der Waals surface area (Å²) in [5.41, 5.74) is 19.3. The number of nitrogen functional groups attached to an aromatic ring is 1. The summed E-state index contributed by atoms with van der Waals surface area (Å²) in [5, 5.41) is 42.1. The number of nitrogens with one attached hydrogen (secondary N) is 8. The highest BCUT2D eigenvalue weighted by molar-refractivity contribution is 9.10. The molecule has 16 rings (SSSR count). The van der Waals surface area contributed by atoms with E-state index in [0.717, 1.165) is 154 Å². The number of methoxy groups -OCH3 is 4. The fourth-order valence-corrected chi connectivity index (χ4v) is 15.4. The van der Waals surface area contributed by atoms with Gasteiger partial charge < -0.3 is 89.5 Å². The number of rotatable bonds is 18. The van der Waals surface area contributed by atoms with Crippen LogP contribution in [0.2, 0.25) is 0 Å². The monoisotopic (exact) mass is 1790 g/mol. The molecule has 2 amide bonds. The molecule has 12 heterocycles. The fourth-order valence-electron chi connectivity index (χ4n) is 15.2. The summed E-state index contributed by atoms with van der Waals surface area (Å²) in [4.78, 5) is 59.6. The zero-order valence-electron chi connectivity index (χ0n) is 73.7. The minimum Gasteiger partial charge on any atom is -0.496 e. The molecule has 4 aromatic carbocycles. The summed E-state index contributed by atoms with van der Waals surface area (Å²) in [6, 6.07) is 46.8. The highest BCUT2D eigenvalue weighted by atomic mass is 79.9. The number of benzene rings is 4. The lowest BCUT2D eigenvalue weighted by atomic mass is 9.88. The van der Waals surface area contributed by atoms with Crippen LogP contribution in [-0.4, -0.2) is 187 Å². The molecule has 0 spiro atoms. The van der Waals surface area contributed by atoms with Crippen molar-refractivity contribution in [2.24, 2.45) is 0 Å². The molecule has 10 N–H and O–H groups in total. The molecule has 0 atom stereocenters. The van der Waals surface area contributed by atoms with Crippen molar-refractivity contribution < 1.29 is 38.0 Å². The number of likely N-dealkylation sites (tertiary alicyclic amines) is 3. The third kappa shape index (κ3) is 25.9. The van der Waals surface area contributed by atoms with Crippen LogP contribution in [0.1, 0.15) is 139 Å². The number of nitrogens with zero attached hydrogens (tertiary/aromatic N) is 15. The first-order valence-electron chi connectivity index (χ1n) is 42.1. The number of piperidine rings is 4. The predicted octanol–water partition coefficient (Wildman–Crippen LogP) is 20.9.